The Morgan fingerprint density at radius 1 is 1.06 bits per heavy atom. The summed E-state index contributed by atoms with van der Waals surface area (Å²) >= 11 is 11.9. The summed E-state index contributed by atoms with van der Waals surface area (Å²) in [7, 11) is 0. The molecule has 0 saturated heterocycles. The van der Waals surface area contributed by atoms with Crippen molar-refractivity contribution in [3.8, 4) is 0 Å². The van der Waals surface area contributed by atoms with Gasteiger partial charge in [0.05, 0.1) is 6.42 Å². The zero-order valence-corrected chi connectivity index (χ0v) is 20.6. The number of aryl methyl sites for hydroxylation is 1. The molecule has 1 N–H and O–H groups in total. The highest BCUT2D eigenvalue weighted by atomic mass is 35.5. The van der Waals surface area contributed by atoms with E-state index in [2.05, 4.69) is 10.5 Å². The molecule has 0 bridgehead atoms. The summed E-state index contributed by atoms with van der Waals surface area (Å²) in [5.74, 6) is -0.0234. The van der Waals surface area contributed by atoms with Gasteiger partial charge >= 0.3 is 6.18 Å². The van der Waals surface area contributed by atoms with Gasteiger partial charge in [0.25, 0.3) is 11.5 Å². The van der Waals surface area contributed by atoms with Crippen LogP contribution < -0.4 is 5.32 Å². The van der Waals surface area contributed by atoms with Crippen molar-refractivity contribution in [1.82, 2.24) is 10.2 Å². The Labute approximate surface area is 205 Å². The SMILES string of the molecule is Cc1cc2c(cc1C(=O)NC(C)(C)C)CN(C1=NOC(c3cc(Cl)cc(Cl)c3)(C(F)(F)F)C1)C2. The molecule has 2 heterocycles. The number of hydrogen-bond acceptors (Lipinski definition) is 4. The highest BCUT2D eigenvalue weighted by Gasteiger charge is 2.63. The minimum atomic E-state index is -4.76. The molecule has 0 spiro atoms. The van der Waals surface area contributed by atoms with Crippen LogP contribution in [0.1, 0.15) is 59.8 Å². The van der Waals surface area contributed by atoms with E-state index in [0.717, 1.165) is 16.7 Å². The van der Waals surface area contributed by atoms with Crippen LogP contribution in [0.4, 0.5) is 13.2 Å². The fourth-order valence-electron chi connectivity index (χ4n) is 4.25. The van der Waals surface area contributed by atoms with Crippen LogP contribution in [-0.4, -0.2) is 28.4 Å². The number of fused-ring (bicyclic) bond motifs is 1. The number of amidine groups is 1. The zero-order valence-electron chi connectivity index (χ0n) is 19.1. The lowest BCUT2D eigenvalue weighted by Gasteiger charge is -2.30. The number of alkyl halides is 3. The number of rotatable bonds is 2. The molecule has 0 aliphatic carbocycles. The first-order valence-corrected chi connectivity index (χ1v) is 11.4. The summed E-state index contributed by atoms with van der Waals surface area (Å²) in [6.45, 7) is 8.21. The Balaban J connectivity index is 1.59. The lowest BCUT2D eigenvalue weighted by Crippen LogP contribution is -2.43. The second kappa shape index (κ2) is 8.34. The Hall–Kier alpha value is -2.45. The monoisotopic (exact) mass is 513 g/mol. The van der Waals surface area contributed by atoms with Crippen molar-refractivity contribution < 1.29 is 22.8 Å². The molecule has 0 aromatic heterocycles. The second-order valence-electron chi connectivity index (χ2n) is 9.75. The highest BCUT2D eigenvalue weighted by Crippen LogP contribution is 2.50. The number of hydrogen-bond donors (Lipinski definition) is 1. The molecule has 1 amide bonds. The molecule has 2 aromatic rings. The first kappa shape index (κ1) is 24.7. The van der Waals surface area contributed by atoms with E-state index in [9.17, 15) is 18.0 Å². The number of halogens is 5. The maximum atomic E-state index is 14.3. The van der Waals surface area contributed by atoms with Crippen molar-refractivity contribution in [3.63, 3.8) is 0 Å². The standard InChI is InChI=1S/C24H24Cl2F3N3O2/c1-13-5-14-11-32(12-15(14)6-19(13)21(33)30-22(2,3)4)20-10-23(34-31-20,24(27,28)29)16-7-17(25)9-18(26)8-16/h5-9H,10-12H2,1-4H3,(H,30,33). The molecule has 2 aliphatic rings. The van der Waals surface area contributed by atoms with E-state index in [-0.39, 0.29) is 27.4 Å². The number of amides is 1. The van der Waals surface area contributed by atoms with E-state index in [0.29, 0.717) is 18.7 Å². The summed E-state index contributed by atoms with van der Waals surface area (Å²) in [6, 6.07) is 7.45. The summed E-state index contributed by atoms with van der Waals surface area (Å²) in [5.41, 5.74) is -0.146. The Morgan fingerprint density at radius 2 is 1.65 bits per heavy atom. The third kappa shape index (κ3) is 4.58. The lowest BCUT2D eigenvalue weighted by atomic mass is 9.89. The van der Waals surface area contributed by atoms with Crippen LogP contribution in [0.25, 0.3) is 0 Å². The number of benzene rings is 2. The number of nitrogens with one attached hydrogen (secondary N) is 1. The van der Waals surface area contributed by atoms with E-state index in [1.54, 1.807) is 11.0 Å². The van der Waals surface area contributed by atoms with Crippen molar-refractivity contribution >= 4 is 34.9 Å². The first-order valence-electron chi connectivity index (χ1n) is 10.7. The van der Waals surface area contributed by atoms with Crippen LogP contribution in [0.3, 0.4) is 0 Å². The molecule has 34 heavy (non-hydrogen) atoms. The maximum absolute atomic E-state index is 14.3. The quantitative estimate of drug-likeness (QED) is 0.509. The molecular formula is C24H24Cl2F3N3O2. The lowest BCUT2D eigenvalue weighted by molar-refractivity contribution is -0.275. The van der Waals surface area contributed by atoms with Crippen LogP contribution in [0, 0.1) is 6.92 Å². The van der Waals surface area contributed by atoms with Gasteiger partial charge < -0.3 is 15.1 Å². The molecule has 0 fully saturated rings. The van der Waals surface area contributed by atoms with Crippen molar-refractivity contribution in [2.45, 2.75) is 64.5 Å². The molecule has 182 valence electrons. The van der Waals surface area contributed by atoms with Gasteiger partial charge in [-0.25, -0.2) is 0 Å². The van der Waals surface area contributed by atoms with Gasteiger partial charge in [0.2, 0.25) is 0 Å². The van der Waals surface area contributed by atoms with Gasteiger partial charge in [-0.05, 0) is 68.7 Å². The van der Waals surface area contributed by atoms with Gasteiger partial charge in [0.1, 0.15) is 5.84 Å². The average Bonchev–Trinajstić information content (AvgIpc) is 3.29. The fraction of sp³-hybridized carbons (Fsp3) is 0.417. The van der Waals surface area contributed by atoms with Crippen molar-refractivity contribution in [1.29, 1.82) is 0 Å². The normalized spacial score (nSPS) is 20.1. The summed E-state index contributed by atoms with van der Waals surface area (Å²) in [6.07, 6.45) is -5.27. The largest absolute Gasteiger partial charge is 0.435 e. The number of oxime groups is 1. The van der Waals surface area contributed by atoms with E-state index >= 15 is 0 Å². The molecular weight excluding hydrogens is 490 g/mol. The smallest absolute Gasteiger partial charge is 0.372 e. The van der Waals surface area contributed by atoms with Gasteiger partial charge in [-0.15, -0.1) is 0 Å². The molecule has 10 heteroatoms. The molecule has 1 unspecified atom stereocenters. The van der Waals surface area contributed by atoms with Crippen LogP contribution in [0.15, 0.2) is 35.5 Å². The van der Waals surface area contributed by atoms with Gasteiger partial charge in [0.15, 0.2) is 0 Å². The van der Waals surface area contributed by atoms with Gasteiger partial charge in [-0.2, -0.15) is 13.2 Å². The van der Waals surface area contributed by atoms with Crippen LogP contribution >= 0.6 is 23.2 Å². The third-order valence-corrected chi connectivity index (χ3v) is 6.30. The second-order valence-corrected chi connectivity index (χ2v) is 10.6. The van der Waals surface area contributed by atoms with Gasteiger partial charge in [-0.3, -0.25) is 4.79 Å². The van der Waals surface area contributed by atoms with Crippen LogP contribution in [0.2, 0.25) is 10.0 Å². The highest BCUT2D eigenvalue weighted by molar-refractivity contribution is 6.34. The van der Waals surface area contributed by atoms with Crippen molar-refractivity contribution in [2.75, 3.05) is 0 Å². The minimum absolute atomic E-state index is 0.0771. The van der Waals surface area contributed by atoms with Gasteiger partial charge in [0, 0.05) is 39.8 Å². The maximum Gasteiger partial charge on any atom is 0.435 e. The zero-order chi connectivity index (χ0) is 25.1. The third-order valence-electron chi connectivity index (χ3n) is 5.87. The van der Waals surface area contributed by atoms with Crippen molar-refractivity contribution in [3.05, 3.63) is 68.2 Å². The van der Waals surface area contributed by atoms with Gasteiger partial charge in [-0.1, -0.05) is 34.4 Å². The molecule has 2 aromatic carbocycles. The summed E-state index contributed by atoms with van der Waals surface area (Å²) < 4.78 is 42.8. The summed E-state index contributed by atoms with van der Waals surface area (Å²) in [5, 5.41) is 6.94. The fourth-order valence-corrected chi connectivity index (χ4v) is 4.78. The Morgan fingerprint density at radius 3 is 2.21 bits per heavy atom. The molecule has 0 radical (unpaired) electrons. The van der Waals surface area contributed by atoms with E-state index in [1.807, 2.05) is 33.8 Å². The van der Waals surface area contributed by atoms with E-state index < -0.39 is 23.7 Å². The van der Waals surface area contributed by atoms with E-state index in [4.69, 9.17) is 28.0 Å². The molecule has 4 rings (SSSR count). The molecule has 0 saturated carbocycles. The predicted octanol–water partition coefficient (Wildman–Crippen LogP) is 6.34. The Bertz CT molecular complexity index is 1170. The van der Waals surface area contributed by atoms with Crippen LogP contribution in [0.5, 0.6) is 0 Å². The first-order chi connectivity index (χ1) is 15.7. The average molecular weight is 514 g/mol. The molecule has 1 atom stereocenters. The molecule has 5 nitrogen and oxygen atoms in total. The van der Waals surface area contributed by atoms with Crippen molar-refractivity contribution in [2.24, 2.45) is 5.16 Å². The van der Waals surface area contributed by atoms with Crippen LogP contribution in [-0.2, 0) is 23.5 Å². The Kier molecular flexibility index (Phi) is 6.05. The predicted molar refractivity (Wildman–Crippen MR) is 125 cm³/mol. The molecule has 2 aliphatic heterocycles. The number of nitrogens with zero attached hydrogens (tertiary/aromatic N) is 2. The number of carbonyl (C=O) groups excluding carboxylic acids is 1. The topological polar surface area (TPSA) is 53.9 Å². The number of carbonyl (C=O) groups is 1. The minimum Gasteiger partial charge on any atom is -0.372 e. The van der Waals surface area contributed by atoms with E-state index in [1.165, 1.54) is 18.2 Å². The summed E-state index contributed by atoms with van der Waals surface area (Å²) in [4.78, 5) is 19.5.